The summed E-state index contributed by atoms with van der Waals surface area (Å²) >= 11 is 0. The van der Waals surface area contributed by atoms with Gasteiger partial charge in [-0.15, -0.1) is 0 Å². The summed E-state index contributed by atoms with van der Waals surface area (Å²) in [5.74, 6) is 3.23. The zero-order valence-electron chi connectivity index (χ0n) is 31.4. The normalized spacial score (nSPS) is 21.4. The van der Waals surface area contributed by atoms with Gasteiger partial charge in [-0.2, -0.15) is 0 Å². The molecule has 0 heterocycles. The van der Waals surface area contributed by atoms with Crippen molar-refractivity contribution in [1.29, 1.82) is 0 Å². The molecule has 0 saturated heterocycles. The molecule has 0 N–H and O–H groups in total. The quantitative estimate of drug-likeness (QED) is 0.161. The van der Waals surface area contributed by atoms with Crippen LogP contribution in [0.2, 0.25) is 0 Å². The molecule has 3 fully saturated rings. The lowest BCUT2D eigenvalue weighted by atomic mass is 9.81. The van der Waals surface area contributed by atoms with Gasteiger partial charge in [0.15, 0.2) is 0 Å². The lowest BCUT2D eigenvalue weighted by Crippen LogP contribution is -2.17. The first kappa shape index (κ1) is 32.7. The minimum Gasteiger partial charge on any atom is -0.310 e. The van der Waals surface area contributed by atoms with E-state index >= 15 is 0 Å². The molecule has 2 bridgehead atoms. The van der Waals surface area contributed by atoms with Gasteiger partial charge in [-0.25, -0.2) is 0 Å². The third kappa shape index (κ3) is 5.75. The van der Waals surface area contributed by atoms with Crippen molar-refractivity contribution < 1.29 is 0 Å². The maximum atomic E-state index is 2.54. The van der Waals surface area contributed by atoms with E-state index < -0.39 is 0 Å². The van der Waals surface area contributed by atoms with Crippen molar-refractivity contribution in [1.82, 2.24) is 0 Å². The van der Waals surface area contributed by atoms with Crippen LogP contribution in [0.5, 0.6) is 0 Å². The van der Waals surface area contributed by atoms with Gasteiger partial charge in [-0.05, 0) is 142 Å². The van der Waals surface area contributed by atoms with E-state index in [0.717, 1.165) is 17.8 Å². The number of hydrogen-bond donors (Lipinski definition) is 0. The lowest BCUT2D eigenvalue weighted by molar-refractivity contribution is 0.420. The van der Waals surface area contributed by atoms with Gasteiger partial charge in [0.2, 0.25) is 0 Å². The number of fused-ring (bicyclic) bond motifs is 5. The standard InChI is InChI=1S/C52H51N/c1-52(2)49-19-10-9-18-45(49)48-33-47(38-14-7-4-8-15-38)51(34-50(48)52)53(44-28-24-39(25-29-44)46-31-35-20-21-42(46)30-35)43-26-22-37(23-27-43)41-17-11-16-40(32-41)36-12-5-3-6-13-36/h4,7-11,14-19,22-29,32-36,42,46H,3,5-6,12-13,20-21,30-31H2,1-2H3. The highest BCUT2D eigenvalue weighted by atomic mass is 15.1. The summed E-state index contributed by atoms with van der Waals surface area (Å²) in [5.41, 5.74) is 17.2. The van der Waals surface area contributed by atoms with Crippen LogP contribution < -0.4 is 4.90 Å². The SMILES string of the molecule is CC1(C)c2ccccc2-c2cc(-c3ccccc3)c(N(c3ccc(-c4cccc(C5CCCCC5)c4)cc3)c3ccc(C4CC5CCC4C5)cc3)cc21. The summed E-state index contributed by atoms with van der Waals surface area (Å²) in [4.78, 5) is 2.54. The molecule has 0 spiro atoms. The average Bonchev–Trinajstić information content (AvgIpc) is 3.92. The summed E-state index contributed by atoms with van der Waals surface area (Å²) in [7, 11) is 0. The number of anilines is 3. The second kappa shape index (κ2) is 13.2. The minimum atomic E-state index is -0.0968. The van der Waals surface area contributed by atoms with E-state index in [1.165, 1.54) is 130 Å². The van der Waals surface area contributed by atoms with Gasteiger partial charge < -0.3 is 4.90 Å². The Balaban J connectivity index is 1.11. The molecule has 6 aromatic carbocycles. The molecule has 264 valence electrons. The molecule has 0 radical (unpaired) electrons. The second-order valence-electron chi connectivity index (χ2n) is 17.2. The van der Waals surface area contributed by atoms with Crippen molar-refractivity contribution in [3.63, 3.8) is 0 Å². The Morgan fingerprint density at radius 1 is 0.491 bits per heavy atom. The van der Waals surface area contributed by atoms with Crippen LogP contribution >= 0.6 is 0 Å². The first-order valence-corrected chi connectivity index (χ1v) is 20.5. The summed E-state index contributed by atoms with van der Waals surface area (Å²) in [6.07, 6.45) is 12.4. The lowest BCUT2D eigenvalue weighted by Gasteiger charge is -2.31. The predicted molar refractivity (Wildman–Crippen MR) is 224 cm³/mol. The van der Waals surface area contributed by atoms with Crippen molar-refractivity contribution in [2.45, 2.75) is 88.9 Å². The number of hydrogen-bond acceptors (Lipinski definition) is 1. The summed E-state index contributed by atoms with van der Waals surface area (Å²) in [5, 5.41) is 0. The molecule has 0 aliphatic heterocycles. The molecule has 53 heavy (non-hydrogen) atoms. The van der Waals surface area contributed by atoms with Crippen LogP contribution in [-0.4, -0.2) is 0 Å². The number of benzene rings is 6. The van der Waals surface area contributed by atoms with Crippen molar-refractivity contribution in [2.24, 2.45) is 11.8 Å². The summed E-state index contributed by atoms with van der Waals surface area (Å²) < 4.78 is 0. The predicted octanol–water partition coefficient (Wildman–Crippen LogP) is 14.7. The molecule has 0 aromatic heterocycles. The van der Waals surface area contributed by atoms with E-state index in [4.69, 9.17) is 0 Å². The molecule has 3 saturated carbocycles. The zero-order chi connectivity index (χ0) is 35.5. The Morgan fingerprint density at radius 2 is 1.21 bits per heavy atom. The molecule has 0 amide bonds. The molecular formula is C52H51N. The second-order valence-corrected chi connectivity index (χ2v) is 17.2. The Hall–Kier alpha value is -4.88. The van der Waals surface area contributed by atoms with Crippen LogP contribution in [0, 0.1) is 11.8 Å². The van der Waals surface area contributed by atoms with Crippen LogP contribution in [-0.2, 0) is 5.41 Å². The van der Waals surface area contributed by atoms with E-state index in [9.17, 15) is 0 Å². The molecule has 6 aromatic rings. The maximum Gasteiger partial charge on any atom is 0.0543 e. The van der Waals surface area contributed by atoms with Crippen LogP contribution in [0.3, 0.4) is 0 Å². The zero-order valence-corrected chi connectivity index (χ0v) is 31.4. The van der Waals surface area contributed by atoms with Crippen molar-refractivity contribution in [3.05, 3.63) is 162 Å². The summed E-state index contributed by atoms with van der Waals surface area (Å²) in [6.45, 7) is 4.79. The Morgan fingerprint density at radius 3 is 1.94 bits per heavy atom. The highest BCUT2D eigenvalue weighted by molar-refractivity contribution is 5.94. The van der Waals surface area contributed by atoms with E-state index in [0.29, 0.717) is 5.92 Å². The van der Waals surface area contributed by atoms with Crippen LogP contribution in [0.15, 0.2) is 140 Å². The topological polar surface area (TPSA) is 3.24 Å². The molecular weight excluding hydrogens is 639 g/mol. The van der Waals surface area contributed by atoms with Crippen LogP contribution in [0.4, 0.5) is 17.1 Å². The Labute approximate surface area is 316 Å². The van der Waals surface area contributed by atoms with Gasteiger partial charge in [0.25, 0.3) is 0 Å². The average molecular weight is 690 g/mol. The van der Waals surface area contributed by atoms with E-state index in [1.54, 1.807) is 0 Å². The van der Waals surface area contributed by atoms with E-state index in [2.05, 4.69) is 158 Å². The third-order valence-electron chi connectivity index (χ3n) is 13.8. The molecule has 1 nitrogen and oxygen atoms in total. The van der Waals surface area contributed by atoms with Crippen LogP contribution in [0.1, 0.15) is 106 Å². The van der Waals surface area contributed by atoms with Crippen molar-refractivity contribution in [3.8, 4) is 33.4 Å². The monoisotopic (exact) mass is 689 g/mol. The van der Waals surface area contributed by atoms with E-state index in [1.807, 2.05) is 0 Å². The third-order valence-corrected chi connectivity index (χ3v) is 13.8. The fourth-order valence-electron chi connectivity index (χ4n) is 10.9. The molecule has 4 aliphatic carbocycles. The molecule has 10 rings (SSSR count). The fraction of sp³-hybridized carbons (Fsp3) is 0.308. The first-order valence-electron chi connectivity index (χ1n) is 20.5. The van der Waals surface area contributed by atoms with Gasteiger partial charge in [-0.1, -0.05) is 143 Å². The molecule has 3 unspecified atom stereocenters. The van der Waals surface area contributed by atoms with Crippen molar-refractivity contribution >= 4 is 17.1 Å². The highest BCUT2D eigenvalue weighted by Gasteiger charge is 2.40. The molecule has 1 heteroatoms. The van der Waals surface area contributed by atoms with Gasteiger partial charge in [0, 0.05) is 22.4 Å². The minimum absolute atomic E-state index is 0.0968. The smallest absolute Gasteiger partial charge is 0.0543 e. The van der Waals surface area contributed by atoms with Gasteiger partial charge in [0.1, 0.15) is 0 Å². The van der Waals surface area contributed by atoms with Gasteiger partial charge in [0.05, 0.1) is 5.69 Å². The fourth-order valence-corrected chi connectivity index (χ4v) is 10.9. The Kier molecular flexibility index (Phi) is 8.16. The van der Waals surface area contributed by atoms with Gasteiger partial charge in [-0.3, -0.25) is 0 Å². The number of nitrogens with zero attached hydrogens (tertiary/aromatic N) is 1. The highest BCUT2D eigenvalue weighted by Crippen LogP contribution is 2.55. The first-order chi connectivity index (χ1) is 26.0. The summed E-state index contributed by atoms with van der Waals surface area (Å²) in [6, 6.07) is 53.6. The maximum absolute atomic E-state index is 2.54. The molecule has 4 aliphatic rings. The van der Waals surface area contributed by atoms with E-state index in [-0.39, 0.29) is 5.41 Å². The largest absolute Gasteiger partial charge is 0.310 e. The van der Waals surface area contributed by atoms with Crippen molar-refractivity contribution in [2.75, 3.05) is 4.90 Å². The van der Waals surface area contributed by atoms with Crippen LogP contribution in [0.25, 0.3) is 33.4 Å². The molecule has 3 atom stereocenters. The number of rotatable bonds is 7. The Bertz CT molecular complexity index is 2250. The van der Waals surface area contributed by atoms with Gasteiger partial charge >= 0.3 is 0 Å².